The van der Waals surface area contributed by atoms with Crippen molar-refractivity contribution in [2.45, 2.75) is 38.0 Å². The van der Waals surface area contributed by atoms with Gasteiger partial charge in [0.05, 0.1) is 20.3 Å². The highest BCUT2D eigenvalue weighted by Crippen LogP contribution is 2.32. The van der Waals surface area contributed by atoms with Crippen LogP contribution in [0.25, 0.3) is 0 Å². The second kappa shape index (κ2) is 8.14. The molecule has 1 aromatic heterocycles. The molecular formula is C18H29N3O3. The van der Waals surface area contributed by atoms with E-state index in [0.29, 0.717) is 12.1 Å². The molecule has 0 unspecified atom stereocenters. The zero-order valence-corrected chi connectivity index (χ0v) is 15.0. The summed E-state index contributed by atoms with van der Waals surface area (Å²) in [5.41, 5.74) is 0.931. The van der Waals surface area contributed by atoms with Gasteiger partial charge in [-0.25, -0.2) is 0 Å². The number of nitrogens with zero attached hydrogens (tertiary/aromatic N) is 3. The lowest BCUT2D eigenvalue weighted by molar-refractivity contribution is 0.107. The molecule has 0 bridgehead atoms. The Morgan fingerprint density at radius 1 is 1.17 bits per heavy atom. The molecule has 0 saturated carbocycles. The summed E-state index contributed by atoms with van der Waals surface area (Å²) in [6.07, 6.45) is 5.82. The van der Waals surface area contributed by atoms with E-state index in [4.69, 9.17) is 14.2 Å². The Morgan fingerprint density at radius 2 is 1.96 bits per heavy atom. The summed E-state index contributed by atoms with van der Waals surface area (Å²) in [5.74, 6) is 1.47. The van der Waals surface area contributed by atoms with E-state index < -0.39 is 0 Å². The Balaban J connectivity index is 1.73. The predicted octanol–water partition coefficient (Wildman–Crippen LogP) is 1.78. The second-order valence-corrected chi connectivity index (χ2v) is 6.68. The predicted molar refractivity (Wildman–Crippen MR) is 92.6 cm³/mol. The average molecular weight is 335 g/mol. The Bertz CT molecular complexity index is 534. The van der Waals surface area contributed by atoms with E-state index in [0.717, 1.165) is 43.2 Å². The summed E-state index contributed by atoms with van der Waals surface area (Å²) in [7, 11) is 5.15. The molecule has 1 aromatic rings. The highest BCUT2D eigenvalue weighted by molar-refractivity contribution is 5.42. The number of ether oxygens (including phenoxy) is 3. The third kappa shape index (κ3) is 3.82. The molecule has 134 valence electrons. The molecule has 0 aromatic carbocycles. The van der Waals surface area contributed by atoms with Gasteiger partial charge >= 0.3 is 0 Å². The lowest BCUT2D eigenvalue weighted by Gasteiger charge is -2.28. The van der Waals surface area contributed by atoms with Gasteiger partial charge in [0.2, 0.25) is 0 Å². The van der Waals surface area contributed by atoms with Crippen molar-refractivity contribution in [3.05, 3.63) is 18.0 Å². The van der Waals surface area contributed by atoms with Gasteiger partial charge < -0.3 is 19.1 Å². The lowest BCUT2D eigenvalue weighted by atomic mass is 10.2. The zero-order valence-electron chi connectivity index (χ0n) is 15.0. The quantitative estimate of drug-likeness (QED) is 0.757. The third-order valence-electron chi connectivity index (χ3n) is 5.21. The number of pyridine rings is 1. The standard InChI is InChI=1S/C18H29N3O3/c1-22-15-10-14(11-20-8-4-5-9-20)21(12-15)13-16-18(24-3)17(23-2)6-7-19-16/h6-7,14-15H,4-5,8-13H2,1-3H3/t14-,15-/m0/s1. The normalized spacial score (nSPS) is 25.3. The first-order valence-electron chi connectivity index (χ1n) is 8.80. The van der Waals surface area contributed by atoms with Gasteiger partial charge in [0.15, 0.2) is 11.5 Å². The molecule has 2 aliphatic heterocycles. The molecule has 0 N–H and O–H groups in total. The van der Waals surface area contributed by atoms with Crippen molar-refractivity contribution in [3.8, 4) is 11.5 Å². The third-order valence-corrected chi connectivity index (χ3v) is 5.21. The molecule has 0 spiro atoms. The lowest BCUT2D eigenvalue weighted by Crippen LogP contribution is -2.39. The maximum atomic E-state index is 5.64. The van der Waals surface area contributed by atoms with Crippen LogP contribution in [0.2, 0.25) is 0 Å². The second-order valence-electron chi connectivity index (χ2n) is 6.68. The molecule has 0 radical (unpaired) electrons. The van der Waals surface area contributed by atoms with Crippen molar-refractivity contribution in [2.75, 3.05) is 47.5 Å². The first-order chi connectivity index (χ1) is 11.7. The molecule has 3 heterocycles. The topological polar surface area (TPSA) is 47.1 Å². The van der Waals surface area contributed by atoms with Crippen molar-refractivity contribution in [2.24, 2.45) is 0 Å². The highest BCUT2D eigenvalue weighted by Gasteiger charge is 2.34. The van der Waals surface area contributed by atoms with E-state index in [1.807, 2.05) is 13.2 Å². The van der Waals surface area contributed by atoms with Gasteiger partial charge in [-0.05, 0) is 32.4 Å². The Hall–Kier alpha value is -1.37. The van der Waals surface area contributed by atoms with Crippen LogP contribution in [0.5, 0.6) is 11.5 Å². The van der Waals surface area contributed by atoms with Gasteiger partial charge in [-0.2, -0.15) is 0 Å². The highest BCUT2D eigenvalue weighted by atomic mass is 16.5. The largest absolute Gasteiger partial charge is 0.493 e. The number of hydrogen-bond acceptors (Lipinski definition) is 6. The van der Waals surface area contributed by atoms with E-state index in [1.165, 1.54) is 25.9 Å². The molecule has 24 heavy (non-hydrogen) atoms. The summed E-state index contributed by atoms with van der Waals surface area (Å²) in [5, 5.41) is 0. The number of likely N-dealkylation sites (tertiary alicyclic amines) is 2. The number of methoxy groups -OCH3 is 3. The van der Waals surface area contributed by atoms with Crippen molar-refractivity contribution in [1.29, 1.82) is 0 Å². The summed E-state index contributed by atoms with van der Waals surface area (Å²) < 4.78 is 16.6. The van der Waals surface area contributed by atoms with Crippen LogP contribution in [0.1, 0.15) is 25.0 Å². The van der Waals surface area contributed by atoms with E-state index in [2.05, 4.69) is 14.8 Å². The summed E-state index contributed by atoms with van der Waals surface area (Å²) in [6, 6.07) is 2.34. The molecule has 0 amide bonds. The van der Waals surface area contributed by atoms with Gasteiger partial charge in [0, 0.05) is 45.0 Å². The van der Waals surface area contributed by atoms with Crippen LogP contribution in [-0.4, -0.2) is 74.4 Å². The van der Waals surface area contributed by atoms with E-state index >= 15 is 0 Å². The molecule has 2 fully saturated rings. The van der Waals surface area contributed by atoms with Gasteiger partial charge in [-0.1, -0.05) is 0 Å². The molecule has 2 atom stereocenters. The minimum absolute atomic E-state index is 0.300. The van der Waals surface area contributed by atoms with Crippen molar-refractivity contribution in [1.82, 2.24) is 14.8 Å². The summed E-state index contributed by atoms with van der Waals surface area (Å²) in [4.78, 5) is 9.60. The molecule has 6 nitrogen and oxygen atoms in total. The van der Waals surface area contributed by atoms with Gasteiger partial charge in [-0.3, -0.25) is 9.88 Å². The first kappa shape index (κ1) is 17.5. The summed E-state index contributed by atoms with van der Waals surface area (Å²) >= 11 is 0. The number of rotatable bonds is 7. The Labute approximate surface area is 144 Å². The van der Waals surface area contributed by atoms with Crippen molar-refractivity contribution in [3.63, 3.8) is 0 Å². The molecule has 2 saturated heterocycles. The molecule has 0 aliphatic carbocycles. The van der Waals surface area contributed by atoms with Crippen LogP contribution in [0, 0.1) is 0 Å². The van der Waals surface area contributed by atoms with E-state index in [-0.39, 0.29) is 0 Å². The van der Waals surface area contributed by atoms with Gasteiger partial charge in [0.25, 0.3) is 0 Å². The van der Waals surface area contributed by atoms with Crippen LogP contribution in [-0.2, 0) is 11.3 Å². The van der Waals surface area contributed by atoms with E-state index in [1.54, 1.807) is 20.4 Å². The molecule has 6 heteroatoms. The minimum atomic E-state index is 0.300. The van der Waals surface area contributed by atoms with Gasteiger partial charge in [-0.15, -0.1) is 0 Å². The number of hydrogen-bond donors (Lipinski definition) is 0. The maximum absolute atomic E-state index is 5.64. The van der Waals surface area contributed by atoms with Crippen LogP contribution < -0.4 is 9.47 Å². The maximum Gasteiger partial charge on any atom is 0.183 e. The smallest absolute Gasteiger partial charge is 0.183 e. The first-order valence-corrected chi connectivity index (χ1v) is 8.80. The van der Waals surface area contributed by atoms with Crippen LogP contribution in [0.15, 0.2) is 12.3 Å². The van der Waals surface area contributed by atoms with Crippen LogP contribution in [0.4, 0.5) is 0 Å². The van der Waals surface area contributed by atoms with Crippen molar-refractivity contribution < 1.29 is 14.2 Å². The number of aromatic nitrogens is 1. The average Bonchev–Trinajstić information content (AvgIpc) is 3.25. The van der Waals surface area contributed by atoms with Crippen LogP contribution >= 0.6 is 0 Å². The molecule has 2 aliphatic rings. The summed E-state index contributed by atoms with van der Waals surface area (Å²) in [6.45, 7) is 5.27. The van der Waals surface area contributed by atoms with Crippen LogP contribution in [0.3, 0.4) is 0 Å². The zero-order chi connectivity index (χ0) is 16.9. The van der Waals surface area contributed by atoms with Gasteiger partial charge in [0.1, 0.15) is 5.69 Å². The Kier molecular flexibility index (Phi) is 5.92. The Morgan fingerprint density at radius 3 is 2.62 bits per heavy atom. The fraction of sp³-hybridized carbons (Fsp3) is 0.722. The SMILES string of the molecule is COc1ccnc(CN2C[C@@H](OC)C[C@H]2CN2CCCC2)c1OC. The molecule has 3 rings (SSSR count). The fourth-order valence-electron chi connectivity index (χ4n) is 3.91. The van der Waals surface area contributed by atoms with E-state index in [9.17, 15) is 0 Å². The van der Waals surface area contributed by atoms with Crippen molar-refractivity contribution >= 4 is 0 Å². The molecular weight excluding hydrogens is 306 g/mol. The minimum Gasteiger partial charge on any atom is -0.493 e. The fourth-order valence-corrected chi connectivity index (χ4v) is 3.91. The monoisotopic (exact) mass is 335 g/mol.